The number of hydrogen-bond donors (Lipinski definition) is 0. The highest BCUT2D eigenvalue weighted by molar-refractivity contribution is 6.36. The number of alkyl halides is 3. The number of aromatic nitrogens is 1. The van der Waals surface area contributed by atoms with Crippen LogP contribution in [-0.2, 0) is 0 Å². The van der Waals surface area contributed by atoms with Crippen molar-refractivity contribution in [1.29, 1.82) is 0 Å². The molecule has 1 heterocycles. The minimum atomic E-state index is -4.37. The highest BCUT2D eigenvalue weighted by atomic mass is 35.5. The monoisotopic (exact) mass is 317 g/mol. The largest absolute Gasteiger partial charge is 0.484 e. The molecule has 21 heavy (non-hydrogen) atoms. The Balaban J connectivity index is 2.46. The second-order valence-electron chi connectivity index (χ2n) is 5.16. The van der Waals surface area contributed by atoms with Crippen LogP contribution in [0.4, 0.5) is 13.2 Å². The van der Waals surface area contributed by atoms with Gasteiger partial charge < -0.3 is 4.74 Å². The van der Waals surface area contributed by atoms with E-state index in [1.807, 2.05) is 20.8 Å². The van der Waals surface area contributed by atoms with Gasteiger partial charge in [0.1, 0.15) is 5.75 Å². The van der Waals surface area contributed by atoms with E-state index in [1.54, 1.807) is 6.07 Å². The van der Waals surface area contributed by atoms with Gasteiger partial charge in [0.15, 0.2) is 6.61 Å². The fraction of sp³-hybridized carbons (Fsp3) is 0.400. The topological polar surface area (TPSA) is 22.1 Å². The molecular formula is C15H15ClF3NO. The maximum atomic E-state index is 12.2. The van der Waals surface area contributed by atoms with Crippen molar-refractivity contribution in [3.05, 3.63) is 34.5 Å². The normalized spacial score (nSPS) is 12.2. The maximum Gasteiger partial charge on any atom is 0.422 e. The zero-order chi connectivity index (χ0) is 15.8. The van der Waals surface area contributed by atoms with Crippen LogP contribution >= 0.6 is 11.6 Å². The molecule has 0 fully saturated rings. The molecule has 2 aromatic rings. The molecule has 6 heteroatoms. The lowest BCUT2D eigenvalue weighted by molar-refractivity contribution is -0.153. The number of nitrogens with zero attached hydrogens (tertiary/aromatic N) is 1. The molecule has 0 amide bonds. The first kappa shape index (κ1) is 15.9. The maximum absolute atomic E-state index is 12.2. The van der Waals surface area contributed by atoms with Crippen molar-refractivity contribution in [1.82, 2.24) is 4.98 Å². The Hall–Kier alpha value is -1.49. The molecule has 0 aliphatic carbocycles. The van der Waals surface area contributed by atoms with Gasteiger partial charge in [-0.2, -0.15) is 13.2 Å². The summed E-state index contributed by atoms with van der Waals surface area (Å²) in [5.41, 5.74) is 2.37. The van der Waals surface area contributed by atoms with Crippen molar-refractivity contribution >= 4 is 22.5 Å². The minimum absolute atomic E-state index is 0.127. The molecule has 114 valence electrons. The molecule has 0 unspecified atom stereocenters. The third-order valence-electron chi connectivity index (χ3n) is 3.10. The summed E-state index contributed by atoms with van der Waals surface area (Å²) >= 11 is 6.39. The van der Waals surface area contributed by atoms with Gasteiger partial charge in [-0.1, -0.05) is 25.4 Å². The molecule has 2 nitrogen and oxygen atoms in total. The third-order valence-corrected chi connectivity index (χ3v) is 3.51. The molecule has 2 rings (SSSR count). The molecule has 0 N–H and O–H groups in total. The summed E-state index contributed by atoms with van der Waals surface area (Å²) in [5.74, 6) is 0.302. The number of halogens is 4. The summed E-state index contributed by atoms with van der Waals surface area (Å²) in [6.45, 7) is 4.53. The van der Waals surface area contributed by atoms with Crippen molar-refractivity contribution in [2.75, 3.05) is 6.61 Å². The molecule has 0 aliphatic rings. The Kier molecular flexibility index (Phi) is 4.33. The van der Waals surface area contributed by atoms with Crippen molar-refractivity contribution in [2.45, 2.75) is 32.9 Å². The van der Waals surface area contributed by atoms with Gasteiger partial charge in [0, 0.05) is 11.1 Å². The Bertz CT molecular complexity index is 668. The minimum Gasteiger partial charge on any atom is -0.484 e. The van der Waals surface area contributed by atoms with E-state index in [2.05, 4.69) is 4.98 Å². The van der Waals surface area contributed by atoms with E-state index in [9.17, 15) is 13.2 Å². The molecule has 0 atom stereocenters. The summed E-state index contributed by atoms with van der Waals surface area (Å²) in [6, 6.07) is 4.58. The molecule has 1 aromatic carbocycles. The fourth-order valence-corrected chi connectivity index (χ4v) is 2.77. The van der Waals surface area contributed by atoms with E-state index >= 15 is 0 Å². The van der Waals surface area contributed by atoms with Crippen molar-refractivity contribution in [2.24, 2.45) is 0 Å². The number of aryl methyl sites for hydroxylation is 1. The molecule has 0 bridgehead atoms. The summed E-state index contributed by atoms with van der Waals surface area (Å²) in [4.78, 5) is 4.45. The van der Waals surface area contributed by atoms with Gasteiger partial charge in [-0.15, -0.1) is 0 Å². The Labute approximate surface area is 125 Å². The quantitative estimate of drug-likeness (QED) is 0.770. The standard InChI is InChI=1S/C15H15ClF3NO/c1-8(2)13-9(3)20-12-5-4-10(6-11(12)14(13)16)21-7-15(17,18)19/h4-6,8H,7H2,1-3H3. The summed E-state index contributed by atoms with van der Waals surface area (Å²) in [7, 11) is 0. The number of rotatable bonds is 3. The molecule has 0 spiro atoms. The molecule has 0 aliphatic heterocycles. The van der Waals surface area contributed by atoms with Gasteiger partial charge >= 0.3 is 6.18 Å². The number of hydrogen-bond acceptors (Lipinski definition) is 2. The van der Waals surface area contributed by atoms with Gasteiger partial charge in [-0.25, -0.2) is 0 Å². The Morgan fingerprint density at radius 3 is 2.52 bits per heavy atom. The average Bonchev–Trinajstić information content (AvgIpc) is 2.35. The number of benzene rings is 1. The molecule has 0 saturated carbocycles. The summed E-state index contributed by atoms with van der Waals surface area (Å²) in [6.07, 6.45) is -4.37. The van der Waals surface area contributed by atoms with Crippen LogP contribution in [0.2, 0.25) is 5.02 Å². The zero-order valence-corrected chi connectivity index (χ0v) is 12.6. The summed E-state index contributed by atoms with van der Waals surface area (Å²) in [5, 5.41) is 1.12. The van der Waals surface area contributed by atoms with Crippen molar-refractivity contribution in [3.63, 3.8) is 0 Å². The highest BCUT2D eigenvalue weighted by Crippen LogP contribution is 2.34. The van der Waals surface area contributed by atoms with Crippen LogP contribution in [0.3, 0.4) is 0 Å². The van der Waals surface area contributed by atoms with Crippen molar-refractivity contribution < 1.29 is 17.9 Å². The first-order valence-corrected chi connectivity index (χ1v) is 6.86. The first-order chi connectivity index (χ1) is 9.69. The van der Waals surface area contributed by atoms with E-state index in [0.717, 1.165) is 11.3 Å². The van der Waals surface area contributed by atoms with Crippen LogP contribution in [0, 0.1) is 6.92 Å². The van der Waals surface area contributed by atoms with Crippen LogP contribution in [0.25, 0.3) is 10.9 Å². The Morgan fingerprint density at radius 2 is 1.95 bits per heavy atom. The first-order valence-electron chi connectivity index (χ1n) is 6.48. The predicted molar refractivity (Wildman–Crippen MR) is 77.1 cm³/mol. The zero-order valence-electron chi connectivity index (χ0n) is 11.9. The number of ether oxygens (including phenoxy) is 1. The number of fused-ring (bicyclic) bond motifs is 1. The lowest BCUT2D eigenvalue weighted by atomic mass is 9.99. The van der Waals surface area contributed by atoms with Gasteiger partial charge in [0.25, 0.3) is 0 Å². The van der Waals surface area contributed by atoms with E-state index < -0.39 is 12.8 Å². The van der Waals surface area contributed by atoms with Crippen LogP contribution in [0.15, 0.2) is 18.2 Å². The third kappa shape index (κ3) is 3.59. The SMILES string of the molecule is Cc1nc2ccc(OCC(F)(F)F)cc2c(Cl)c1C(C)C. The van der Waals surface area contributed by atoms with E-state index in [-0.39, 0.29) is 11.7 Å². The van der Waals surface area contributed by atoms with Crippen LogP contribution in [0.5, 0.6) is 5.75 Å². The highest BCUT2D eigenvalue weighted by Gasteiger charge is 2.28. The molecule has 1 aromatic heterocycles. The fourth-order valence-electron chi connectivity index (χ4n) is 2.26. The van der Waals surface area contributed by atoms with Crippen LogP contribution < -0.4 is 4.74 Å². The Morgan fingerprint density at radius 1 is 1.29 bits per heavy atom. The van der Waals surface area contributed by atoms with Gasteiger partial charge in [-0.05, 0) is 36.6 Å². The van der Waals surface area contributed by atoms with Crippen LogP contribution in [0.1, 0.15) is 31.0 Å². The lowest BCUT2D eigenvalue weighted by Gasteiger charge is -2.15. The predicted octanol–water partition coefficient (Wildman–Crippen LogP) is 5.26. The van der Waals surface area contributed by atoms with Gasteiger partial charge in [0.05, 0.1) is 10.5 Å². The van der Waals surface area contributed by atoms with Crippen LogP contribution in [-0.4, -0.2) is 17.8 Å². The summed E-state index contributed by atoms with van der Waals surface area (Å²) < 4.78 is 41.3. The average molecular weight is 318 g/mol. The molecule has 0 saturated heterocycles. The van der Waals surface area contributed by atoms with Crippen molar-refractivity contribution in [3.8, 4) is 5.75 Å². The second kappa shape index (κ2) is 5.72. The van der Waals surface area contributed by atoms with E-state index in [1.165, 1.54) is 12.1 Å². The molecule has 0 radical (unpaired) electrons. The van der Waals surface area contributed by atoms with Gasteiger partial charge in [-0.3, -0.25) is 4.98 Å². The number of pyridine rings is 1. The van der Waals surface area contributed by atoms with Gasteiger partial charge in [0.2, 0.25) is 0 Å². The van der Waals surface area contributed by atoms with E-state index in [0.29, 0.717) is 15.9 Å². The molecular weight excluding hydrogens is 303 g/mol. The smallest absolute Gasteiger partial charge is 0.422 e. The lowest BCUT2D eigenvalue weighted by Crippen LogP contribution is -2.19. The van der Waals surface area contributed by atoms with E-state index in [4.69, 9.17) is 16.3 Å². The second-order valence-corrected chi connectivity index (χ2v) is 5.54.